The highest BCUT2D eigenvalue weighted by atomic mass is 35.5. The number of carbonyl (C=O) groups excluding carboxylic acids is 1. The standard InChI is InChI=1S/C16H17ClN4O3S/c1-20(2)14-5-4-12(17)9-13(14)18-16(22)11-3-6-15-19-25(23,24)8-7-21(15)10-11/h3-6,9-10H,7-8H2,1-2H3,(H,18,22). The minimum atomic E-state index is -3.41. The normalized spacial score (nSPS) is 18.1. The molecule has 132 valence electrons. The Balaban J connectivity index is 1.83. The first-order valence-electron chi connectivity index (χ1n) is 7.52. The lowest BCUT2D eigenvalue weighted by Gasteiger charge is -2.27. The van der Waals surface area contributed by atoms with E-state index in [0.717, 1.165) is 5.69 Å². The lowest BCUT2D eigenvalue weighted by molar-refractivity contribution is -0.112. The fourth-order valence-corrected chi connectivity index (χ4v) is 3.67. The molecule has 0 fully saturated rings. The van der Waals surface area contributed by atoms with Crippen LogP contribution in [0.2, 0.25) is 5.02 Å². The van der Waals surface area contributed by atoms with Crippen molar-refractivity contribution in [3.05, 3.63) is 47.1 Å². The Morgan fingerprint density at radius 2 is 2.08 bits per heavy atom. The maximum absolute atomic E-state index is 12.6. The summed E-state index contributed by atoms with van der Waals surface area (Å²) in [6.45, 7) is 0.266. The molecule has 9 heteroatoms. The van der Waals surface area contributed by atoms with Crippen molar-refractivity contribution in [1.82, 2.24) is 4.90 Å². The van der Waals surface area contributed by atoms with Gasteiger partial charge in [0, 0.05) is 31.9 Å². The topological polar surface area (TPSA) is 82.1 Å². The van der Waals surface area contributed by atoms with Crippen LogP contribution in [0.3, 0.4) is 0 Å². The van der Waals surface area contributed by atoms with Gasteiger partial charge in [-0.1, -0.05) is 11.6 Å². The first kappa shape index (κ1) is 17.5. The van der Waals surface area contributed by atoms with Crippen LogP contribution in [0.1, 0.15) is 0 Å². The maximum atomic E-state index is 12.6. The van der Waals surface area contributed by atoms with Gasteiger partial charge in [0.2, 0.25) is 0 Å². The molecule has 2 aliphatic heterocycles. The molecule has 0 saturated heterocycles. The molecule has 1 aromatic rings. The lowest BCUT2D eigenvalue weighted by Crippen LogP contribution is -2.37. The zero-order valence-electron chi connectivity index (χ0n) is 13.7. The van der Waals surface area contributed by atoms with Crippen molar-refractivity contribution in [2.75, 3.05) is 36.6 Å². The number of amides is 1. The number of nitrogens with zero attached hydrogens (tertiary/aromatic N) is 3. The van der Waals surface area contributed by atoms with E-state index in [1.807, 2.05) is 25.1 Å². The quantitative estimate of drug-likeness (QED) is 0.865. The van der Waals surface area contributed by atoms with Gasteiger partial charge in [0.15, 0.2) is 0 Å². The molecule has 7 nitrogen and oxygen atoms in total. The van der Waals surface area contributed by atoms with Gasteiger partial charge >= 0.3 is 0 Å². The molecule has 2 heterocycles. The van der Waals surface area contributed by atoms with Crippen molar-refractivity contribution in [2.45, 2.75) is 0 Å². The van der Waals surface area contributed by atoms with E-state index in [1.54, 1.807) is 29.3 Å². The number of amidine groups is 1. The van der Waals surface area contributed by atoms with Crippen LogP contribution in [0, 0.1) is 0 Å². The number of halogens is 1. The van der Waals surface area contributed by atoms with Crippen LogP contribution in [0.25, 0.3) is 0 Å². The Morgan fingerprint density at radius 1 is 1.32 bits per heavy atom. The molecule has 1 amide bonds. The van der Waals surface area contributed by atoms with Crippen LogP contribution in [0.4, 0.5) is 11.4 Å². The average molecular weight is 381 g/mol. The highest BCUT2D eigenvalue weighted by Gasteiger charge is 2.25. The Morgan fingerprint density at radius 3 is 2.80 bits per heavy atom. The van der Waals surface area contributed by atoms with Gasteiger partial charge in [-0.05, 0) is 30.4 Å². The van der Waals surface area contributed by atoms with E-state index in [2.05, 4.69) is 9.71 Å². The molecule has 1 aromatic carbocycles. The average Bonchev–Trinajstić information content (AvgIpc) is 2.53. The molecular weight excluding hydrogens is 364 g/mol. The number of sulfonamides is 1. The number of hydrogen-bond acceptors (Lipinski definition) is 5. The molecule has 3 rings (SSSR count). The summed E-state index contributed by atoms with van der Waals surface area (Å²) in [7, 11) is 0.327. The fraction of sp³-hybridized carbons (Fsp3) is 0.250. The van der Waals surface area contributed by atoms with Crippen LogP contribution < -0.4 is 10.2 Å². The van der Waals surface area contributed by atoms with Gasteiger partial charge in [0.05, 0.1) is 22.7 Å². The third kappa shape index (κ3) is 3.85. The van der Waals surface area contributed by atoms with E-state index in [1.165, 1.54) is 6.08 Å². The molecule has 0 saturated carbocycles. The van der Waals surface area contributed by atoms with Crippen LogP contribution in [0.15, 0.2) is 46.5 Å². The van der Waals surface area contributed by atoms with E-state index in [4.69, 9.17) is 11.6 Å². The second-order valence-electron chi connectivity index (χ2n) is 5.86. The van der Waals surface area contributed by atoms with Crippen molar-refractivity contribution < 1.29 is 13.2 Å². The van der Waals surface area contributed by atoms with Crippen molar-refractivity contribution in [3.8, 4) is 0 Å². The summed E-state index contributed by atoms with van der Waals surface area (Å²) in [4.78, 5) is 16.1. The SMILES string of the molecule is CN(C)c1ccc(Cl)cc1NC(=O)C1=CN2CCS(=O)(=O)N=C2C=C1. The molecule has 2 aliphatic rings. The second kappa shape index (κ2) is 6.53. The largest absolute Gasteiger partial charge is 0.376 e. The number of benzene rings is 1. The zero-order valence-corrected chi connectivity index (χ0v) is 15.3. The molecule has 0 atom stereocenters. The lowest BCUT2D eigenvalue weighted by atomic mass is 10.1. The number of anilines is 2. The van der Waals surface area contributed by atoms with Crippen molar-refractivity contribution in [1.29, 1.82) is 0 Å². The monoisotopic (exact) mass is 380 g/mol. The molecule has 0 radical (unpaired) electrons. The number of fused-ring (bicyclic) bond motifs is 1. The molecular formula is C16H17ClN4O3S. The predicted molar refractivity (Wildman–Crippen MR) is 99.6 cm³/mol. The molecule has 0 aliphatic carbocycles. The molecule has 0 bridgehead atoms. The van der Waals surface area contributed by atoms with Crippen LogP contribution >= 0.6 is 11.6 Å². The number of hydrogen-bond donors (Lipinski definition) is 1. The number of nitrogens with one attached hydrogen (secondary N) is 1. The highest BCUT2D eigenvalue weighted by Crippen LogP contribution is 2.28. The summed E-state index contributed by atoms with van der Waals surface area (Å²) in [5.41, 5.74) is 1.82. The third-order valence-corrected chi connectivity index (χ3v) is 5.17. The first-order valence-corrected chi connectivity index (χ1v) is 9.51. The van der Waals surface area contributed by atoms with Crippen molar-refractivity contribution in [2.24, 2.45) is 4.40 Å². The van der Waals surface area contributed by atoms with Gasteiger partial charge in [-0.15, -0.1) is 4.40 Å². The summed E-state index contributed by atoms with van der Waals surface area (Å²) in [6, 6.07) is 5.26. The Hall–Kier alpha value is -2.32. The van der Waals surface area contributed by atoms with Gasteiger partial charge < -0.3 is 15.1 Å². The summed E-state index contributed by atoms with van der Waals surface area (Å²) >= 11 is 6.03. The maximum Gasteiger partial charge on any atom is 0.257 e. The fourth-order valence-electron chi connectivity index (χ4n) is 2.53. The third-order valence-electron chi connectivity index (χ3n) is 3.77. The summed E-state index contributed by atoms with van der Waals surface area (Å²) in [5.74, 6) is -0.0666. The van der Waals surface area contributed by atoms with Crippen molar-refractivity contribution >= 4 is 44.7 Å². The first-order chi connectivity index (χ1) is 11.7. The summed E-state index contributed by atoms with van der Waals surface area (Å²) < 4.78 is 26.8. The van der Waals surface area contributed by atoms with Crippen LogP contribution in [-0.2, 0) is 14.8 Å². The van der Waals surface area contributed by atoms with E-state index < -0.39 is 10.0 Å². The van der Waals surface area contributed by atoms with Gasteiger partial charge in [0.25, 0.3) is 15.9 Å². The van der Waals surface area contributed by atoms with E-state index in [0.29, 0.717) is 22.1 Å². The minimum absolute atomic E-state index is 0.0746. The number of carbonyl (C=O) groups is 1. The molecule has 0 aromatic heterocycles. The van der Waals surface area contributed by atoms with Crippen LogP contribution in [0.5, 0.6) is 0 Å². The smallest absolute Gasteiger partial charge is 0.257 e. The zero-order chi connectivity index (χ0) is 18.2. The molecule has 0 spiro atoms. The predicted octanol–water partition coefficient (Wildman–Crippen LogP) is 1.84. The Bertz CT molecular complexity index is 919. The van der Waals surface area contributed by atoms with Gasteiger partial charge in [-0.25, -0.2) is 8.42 Å². The van der Waals surface area contributed by atoms with E-state index in [-0.39, 0.29) is 18.2 Å². The summed E-state index contributed by atoms with van der Waals surface area (Å²) in [6.07, 6.45) is 4.67. The molecule has 25 heavy (non-hydrogen) atoms. The second-order valence-corrected chi connectivity index (χ2v) is 8.05. The number of rotatable bonds is 3. The van der Waals surface area contributed by atoms with Crippen LogP contribution in [-0.4, -0.2) is 51.5 Å². The van der Waals surface area contributed by atoms with Gasteiger partial charge in [-0.2, -0.15) is 0 Å². The Kier molecular flexibility index (Phi) is 4.57. The van der Waals surface area contributed by atoms with E-state index in [9.17, 15) is 13.2 Å². The van der Waals surface area contributed by atoms with E-state index >= 15 is 0 Å². The molecule has 1 N–H and O–H groups in total. The van der Waals surface area contributed by atoms with Gasteiger partial charge in [-0.3, -0.25) is 4.79 Å². The molecule has 0 unspecified atom stereocenters. The highest BCUT2D eigenvalue weighted by molar-refractivity contribution is 7.90. The Labute approximate surface area is 151 Å². The van der Waals surface area contributed by atoms with Gasteiger partial charge in [0.1, 0.15) is 5.84 Å². The minimum Gasteiger partial charge on any atom is -0.376 e. The summed E-state index contributed by atoms with van der Waals surface area (Å²) in [5, 5.41) is 3.36. The van der Waals surface area contributed by atoms with Crippen molar-refractivity contribution in [3.63, 3.8) is 0 Å².